The van der Waals surface area contributed by atoms with Gasteiger partial charge in [0.1, 0.15) is 11.8 Å². The van der Waals surface area contributed by atoms with Gasteiger partial charge in [-0.3, -0.25) is 0 Å². The summed E-state index contributed by atoms with van der Waals surface area (Å²) in [6.07, 6.45) is 2.03. The average molecular weight is 444 g/mol. The average Bonchev–Trinajstić information content (AvgIpc) is 3.24. The van der Waals surface area contributed by atoms with Gasteiger partial charge in [-0.05, 0) is 47.5 Å². The second-order valence-corrected chi connectivity index (χ2v) is 8.02. The van der Waals surface area contributed by atoms with Crippen molar-refractivity contribution >= 4 is 23.3 Å². The molecule has 1 aromatic heterocycles. The van der Waals surface area contributed by atoms with Crippen LogP contribution in [0.1, 0.15) is 22.9 Å². The Bertz CT molecular complexity index is 1280. The largest absolute Gasteiger partial charge is 0.495 e. The SMILES string of the molecule is COc1ccccc1NC(=O)N1Cc2ccccc2-n2cccc2C1c1ccccc1Cl. The fraction of sp³-hybridized carbons (Fsp3) is 0.115. The second kappa shape index (κ2) is 8.44. The number of hydrogen-bond donors (Lipinski definition) is 1. The van der Waals surface area contributed by atoms with Crippen LogP contribution in [0.3, 0.4) is 0 Å². The summed E-state index contributed by atoms with van der Waals surface area (Å²) in [7, 11) is 1.59. The first-order valence-electron chi connectivity index (χ1n) is 10.4. The molecule has 0 bridgehead atoms. The Labute approximate surface area is 191 Å². The molecule has 2 amide bonds. The molecule has 0 aliphatic carbocycles. The topological polar surface area (TPSA) is 46.5 Å². The lowest BCUT2D eigenvalue weighted by Gasteiger charge is -2.31. The van der Waals surface area contributed by atoms with Crippen LogP contribution in [0.2, 0.25) is 5.02 Å². The molecular formula is C26H22ClN3O2. The van der Waals surface area contributed by atoms with Crippen molar-refractivity contribution in [3.63, 3.8) is 0 Å². The molecule has 0 fully saturated rings. The smallest absolute Gasteiger partial charge is 0.323 e. The maximum Gasteiger partial charge on any atom is 0.323 e. The van der Waals surface area contributed by atoms with Crippen molar-refractivity contribution in [3.8, 4) is 11.4 Å². The lowest BCUT2D eigenvalue weighted by atomic mass is 10.0. The summed E-state index contributed by atoms with van der Waals surface area (Å²) in [5, 5.41) is 3.66. The van der Waals surface area contributed by atoms with Gasteiger partial charge in [-0.2, -0.15) is 0 Å². The van der Waals surface area contributed by atoms with Crippen molar-refractivity contribution in [2.75, 3.05) is 12.4 Å². The van der Waals surface area contributed by atoms with E-state index < -0.39 is 0 Å². The van der Waals surface area contributed by atoms with E-state index in [1.807, 2.05) is 83.9 Å². The molecule has 2 heterocycles. The van der Waals surface area contributed by atoms with E-state index >= 15 is 0 Å². The highest BCUT2D eigenvalue weighted by Gasteiger charge is 2.34. The van der Waals surface area contributed by atoms with E-state index in [0.29, 0.717) is 23.0 Å². The summed E-state index contributed by atoms with van der Waals surface area (Å²) in [6, 6.07) is 26.6. The number of anilines is 1. The quantitative estimate of drug-likeness (QED) is 0.405. The van der Waals surface area contributed by atoms with Crippen LogP contribution in [0.4, 0.5) is 10.5 Å². The zero-order valence-electron chi connectivity index (χ0n) is 17.5. The van der Waals surface area contributed by atoms with Crippen molar-refractivity contribution in [1.29, 1.82) is 0 Å². The van der Waals surface area contributed by atoms with Gasteiger partial charge in [0.05, 0.1) is 30.7 Å². The lowest BCUT2D eigenvalue weighted by Crippen LogP contribution is -2.38. The predicted molar refractivity (Wildman–Crippen MR) is 127 cm³/mol. The Hall–Kier alpha value is -3.70. The Morgan fingerprint density at radius 1 is 0.969 bits per heavy atom. The molecule has 1 unspecified atom stereocenters. The number of amides is 2. The molecule has 1 aliphatic heterocycles. The maximum absolute atomic E-state index is 13.7. The van der Waals surface area contributed by atoms with Gasteiger partial charge in [-0.25, -0.2) is 4.79 Å². The molecule has 6 heteroatoms. The minimum absolute atomic E-state index is 0.233. The molecule has 4 aromatic rings. The molecule has 0 saturated carbocycles. The van der Waals surface area contributed by atoms with Crippen molar-refractivity contribution < 1.29 is 9.53 Å². The highest BCUT2D eigenvalue weighted by molar-refractivity contribution is 6.31. The van der Waals surface area contributed by atoms with Gasteiger partial charge in [0.15, 0.2) is 0 Å². The Balaban J connectivity index is 1.65. The fourth-order valence-electron chi connectivity index (χ4n) is 4.30. The van der Waals surface area contributed by atoms with Crippen LogP contribution in [0, 0.1) is 0 Å². The molecule has 5 nitrogen and oxygen atoms in total. The highest BCUT2D eigenvalue weighted by Crippen LogP contribution is 2.39. The molecule has 32 heavy (non-hydrogen) atoms. The van der Waals surface area contributed by atoms with Gasteiger partial charge in [0.2, 0.25) is 0 Å². The number of rotatable bonds is 3. The number of hydrogen-bond acceptors (Lipinski definition) is 2. The third-order valence-electron chi connectivity index (χ3n) is 5.77. The Morgan fingerprint density at radius 3 is 2.56 bits per heavy atom. The highest BCUT2D eigenvalue weighted by atomic mass is 35.5. The van der Waals surface area contributed by atoms with Crippen molar-refractivity contribution in [1.82, 2.24) is 9.47 Å². The van der Waals surface area contributed by atoms with Crippen LogP contribution in [-0.2, 0) is 6.54 Å². The summed E-state index contributed by atoms with van der Waals surface area (Å²) in [4.78, 5) is 15.6. The normalized spacial score (nSPS) is 14.8. The van der Waals surface area contributed by atoms with E-state index in [1.165, 1.54) is 0 Å². The van der Waals surface area contributed by atoms with Gasteiger partial charge in [-0.15, -0.1) is 0 Å². The molecule has 160 valence electrons. The number of nitrogens with zero attached hydrogens (tertiary/aromatic N) is 2. The van der Waals surface area contributed by atoms with E-state index in [-0.39, 0.29) is 12.1 Å². The molecule has 0 saturated heterocycles. The molecule has 1 aliphatic rings. The van der Waals surface area contributed by atoms with Crippen LogP contribution in [0.5, 0.6) is 5.75 Å². The third-order valence-corrected chi connectivity index (χ3v) is 6.12. The fourth-order valence-corrected chi connectivity index (χ4v) is 4.54. The standard InChI is InChI=1S/C26H22ClN3O2/c1-32-24-15-7-5-12-21(24)28-26(31)30-17-18-9-2-6-13-22(18)29-16-8-14-23(29)25(30)19-10-3-4-11-20(19)27/h2-16,25H,17H2,1H3,(H,28,31). The first kappa shape index (κ1) is 20.2. The number of benzene rings is 3. The minimum Gasteiger partial charge on any atom is -0.495 e. The first-order valence-corrected chi connectivity index (χ1v) is 10.8. The molecule has 3 aromatic carbocycles. The van der Waals surface area contributed by atoms with Crippen LogP contribution in [-0.4, -0.2) is 22.6 Å². The monoisotopic (exact) mass is 443 g/mol. The summed E-state index contributed by atoms with van der Waals surface area (Å²) in [5.41, 5.74) is 4.56. The van der Waals surface area contributed by atoms with Crippen LogP contribution >= 0.6 is 11.6 Å². The number of carbonyl (C=O) groups excluding carboxylic acids is 1. The lowest BCUT2D eigenvalue weighted by molar-refractivity contribution is 0.194. The number of aromatic nitrogens is 1. The second-order valence-electron chi connectivity index (χ2n) is 7.61. The molecule has 0 spiro atoms. The maximum atomic E-state index is 13.7. The zero-order chi connectivity index (χ0) is 22.1. The number of urea groups is 1. The predicted octanol–water partition coefficient (Wildman–Crippen LogP) is 6.28. The number of nitrogens with one attached hydrogen (secondary N) is 1. The zero-order valence-corrected chi connectivity index (χ0v) is 18.3. The Kier molecular flexibility index (Phi) is 5.33. The van der Waals surface area contributed by atoms with E-state index in [1.54, 1.807) is 7.11 Å². The first-order chi connectivity index (χ1) is 15.7. The van der Waals surface area contributed by atoms with Crippen LogP contribution in [0.25, 0.3) is 5.69 Å². The number of halogens is 1. The van der Waals surface area contributed by atoms with Crippen molar-refractivity contribution in [3.05, 3.63) is 113 Å². The Morgan fingerprint density at radius 2 is 1.72 bits per heavy atom. The van der Waals surface area contributed by atoms with Gasteiger partial charge < -0.3 is 19.5 Å². The molecule has 0 radical (unpaired) electrons. The van der Waals surface area contributed by atoms with Gasteiger partial charge in [0.25, 0.3) is 0 Å². The summed E-state index contributed by atoms with van der Waals surface area (Å²) >= 11 is 6.65. The minimum atomic E-state index is -0.374. The summed E-state index contributed by atoms with van der Waals surface area (Å²) in [5.74, 6) is 0.605. The van der Waals surface area contributed by atoms with Crippen LogP contribution in [0.15, 0.2) is 91.1 Å². The number of fused-ring (bicyclic) bond motifs is 3. The number of carbonyl (C=O) groups is 1. The van der Waals surface area contributed by atoms with Gasteiger partial charge in [0, 0.05) is 11.2 Å². The number of ether oxygens (including phenoxy) is 1. The van der Waals surface area contributed by atoms with E-state index in [2.05, 4.69) is 22.0 Å². The third kappa shape index (κ3) is 3.51. The number of methoxy groups -OCH3 is 1. The van der Waals surface area contributed by atoms with Gasteiger partial charge >= 0.3 is 6.03 Å². The molecule has 1 N–H and O–H groups in total. The van der Waals surface area contributed by atoms with E-state index in [0.717, 1.165) is 22.5 Å². The summed E-state index contributed by atoms with van der Waals surface area (Å²) < 4.78 is 7.57. The van der Waals surface area contributed by atoms with E-state index in [9.17, 15) is 4.79 Å². The molecular weight excluding hydrogens is 422 g/mol. The molecule has 1 atom stereocenters. The summed E-state index contributed by atoms with van der Waals surface area (Å²) in [6.45, 7) is 0.425. The van der Waals surface area contributed by atoms with Crippen LogP contribution < -0.4 is 10.1 Å². The van der Waals surface area contributed by atoms with E-state index in [4.69, 9.17) is 16.3 Å². The molecule has 5 rings (SSSR count). The van der Waals surface area contributed by atoms with Crippen molar-refractivity contribution in [2.45, 2.75) is 12.6 Å². The van der Waals surface area contributed by atoms with Crippen molar-refractivity contribution in [2.24, 2.45) is 0 Å². The van der Waals surface area contributed by atoms with Gasteiger partial charge in [-0.1, -0.05) is 60.1 Å². The number of para-hydroxylation sites is 3.